The van der Waals surface area contributed by atoms with Crippen LogP contribution in [-0.4, -0.2) is 4.98 Å². The zero-order valence-corrected chi connectivity index (χ0v) is 9.09. The summed E-state index contributed by atoms with van der Waals surface area (Å²) in [4.78, 5) is 4.35. The molecule has 0 aliphatic heterocycles. The van der Waals surface area contributed by atoms with Gasteiger partial charge in [-0.05, 0) is 30.0 Å². The third-order valence-corrected chi connectivity index (χ3v) is 2.47. The molecule has 0 saturated heterocycles. The maximum absolute atomic E-state index is 5.52. The van der Waals surface area contributed by atoms with Crippen LogP contribution in [-0.2, 0) is 0 Å². The number of aromatic nitrogens is 1. The van der Waals surface area contributed by atoms with Crippen molar-refractivity contribution in [1.29, 1.82) is 0 Å². The van der Waals surface area contributed by atoms with Crippen molar-refractivity contribution in [2.75, 3.05) is 0 Å². The summed E-state index contributed by atoms with van der Waals surface area (Å²) in [6.07, 6.45) is 0. The Balaban J connectivity index is 2.71. The Morgan fingerprint density at radius 1 is 1.21 bits per heavy atom. The van der Waals surface area contributed by atoms with Gasteiger partial charge in [-0.1, -0.05) is 19.9 Å². The molecule has 1 heterocycles. The molecule has 0 bridgehead atoms. The summed E-state index contributed by atoms with van der Waals surface area (Å²) in [6.45, 7) is 8.33. The Morgan fingerprint density at radius 3 is 2.57 bits per heavy atom. The number of rotatable bonds is 1. The molecular weight excluding hydrogens is 174 g/mol. The van der Waals surface area contributed by atoms with Crippen LogP contribution in [0.25, 0.3) is 11.1 Å². The molecule has 0 fully saturated rings. The first-order valence-corrected chi connectivity index (χ1v) is 4.95. The van der Waals surface area contributed by atoms with Crippen molar-refractivity contribution < 1.29 is 4.42 Å². The van der Waals surface area contributed by atoms with Gasteiger partial charge in [-0.3, -0.25) is 0 Å². The van der Waals surface area contributed by atoms with E-state index in [-0.39, 0.29) is 0 Å². The molecule has 0 aliphatic rings. The van der Waals surface area contributed by atoms with Gasteiger partial charge in [0.25, 0.3) is 0 Å². The van der Waals surface area contributed by atoms with Crippen molar-refractivity contribution >= 4 is 11.1 Å². The van der Waals surface area contributed by atoms with E-state index >= 15 is 0 Å². The molecule has 1 aromatic carbocycles. The third kappa shape index (κ3) is 1.41. The van der Waals surface area contributed by atoms with Crippen LogP contribution in [0, 0.1) is 13.8 Å². The standard InChI is InChI=1S/C12H15NO/c1-7(2)10-5-8(3)12-11(6-10)13-9(4)14-12/h5-7H,1-4H3. The summed E-state index contributed by atoms with van der Waals surface area (Å²) in [5.74, 6) is 1.28. The van der Waals surface area contributed by atoms with E-state index in [4.69, 9.17) is 4.42 Å². The van der Waals surface area contributed by atoms with Crippen LogP contribution in [0.15, 0.2) is 16.5 Å². The minimum Gasteiger partial charge on any atom is -0.441 e. The molecule has 0 N–H and O–H groups in total. The predicted molar refractivity (Wildman–Crippen MR) is 57.6 cm³/mol. The molecule has 2 nitrogen and oxygen atoms in total. The first kappa shape index (κ1) is 9.25. The van der Waals surface area contributed by atoms with E-state index in [0.717, 1.165) is 17.0 Å². The topological polar surface area (TPSA) is 26.0 Å². The number of hydrogen-bond donors (Lipinski definition) is 0. The lowest BCUT2D eigenvalue weighted by molar-refractivity contribution is 0.559. The monoisotopic (exact) mass is 189 g/mol. The smallest absolute Gasteiger partial charge is 0.192 e. The van der Waals surface area contributed by atoms with Crippen LogP contribution in [0.3, 0.4) is 0 Å². The van der Waals surface area contributed by atoms with Crippen LogP contribution in [0.5, 0.6) is 0 Å². The van der Waals surface area contributed by atoms with Gasteiger partial charge >= 0.3 is 0 Å². The highest BCUT2D eigenvalue weighted by atomic mass is 16.3. The summed E-state index contributed by atoms with van der Waals surface area (Å²) >= 11 is 0. The fraction of sp³-hybridized carbons (Fsp3) is 0.417. The molecule has 2 aromatic rings. The van der Waals surface area contributed by atoms with Crippen LogP contribution in [0.1, 0.15) is 36.8 Å². The largest absolute Gasteiger partial charge is 0.441 e. The van der Waals surface area contributed by atoms with Crippen LogP contribution >= 0.6 is 0 Å². The third-order valence-electron chi connectivity index (χ3n) is 2.47. The SMILES string of the molecule is Cc1nc2cc(C(C)C)cc(C)c2o1. The molecule has 1 aromatic heterocycles. The van der Waals surface area contributed by atoms with E-state index in [9.17, 15) is 0 Å². The summed E-state index contributed by atoms with van der Waals surface area (Å²) in [6, 6.07) is 4.29. The molecule has 0 saturated carbocycles. The van der Waals surface area contributed by atoms with Gasteiger partial charge < -0.3 is 4.42 Å². The zero-order chi connectivity index (χ0) is 10.3. The normalized spacial score (nSPS) is 11.5. The van der Waals surface area contributed by atoms with E-state index in [1.54, 1.807) is 0 Å². The number of benzene rings is 1. The van der Waals surface area contributed by atoms with Gasteiger partial charge in [0, 0.05) is 6.92 Å². The molecule has 0 spiro atoms. The average molecular weight is 189 g/mol. The quantitative estimate of drug-likeness (QED) is 0.685. The highest BCUT2D eigenvalue weighted by molar-refractivity contribution is 5.77. The summed E-state index contributed by atoms with van der Waals surface area (Å²) in [7, 11) is 0. The number of aryl methyl sites for hydroxylation is 2. The number of oxazole rings is 1. The maximum atomic E-state index is 5.52. The van der Waals surface area contributed by atoms with E-state index in [1.807, 2.05) is 6.92 Å². The molecule has 2 heteroatoms. The Labute approximate surface area is 84.0 Å². The summed E-state index contributed by atoms with van der Waals surface area (Å²) in [5.41, 5.74) is 4.40. The Kier molecular flexibility index (Phi) is 2.06. The molecule has 0 unspecified atom stereocenters. The van der Waals surface area contributed by atoms with Gasteiger partial charge in [0.2, 0.25) is 0 Å². The van der Waals surface area contributed by atoms with E-state index in [2.05, 4.69) is 37.9 Å². The molecule has 2 rings (SSSR count). The van der Waals surface area contributed by atoms with E-state index in [0.29, 0.717) is 5.92 Å². The van der Waals surface area contributed by atoms with E-state index < -0.39 is 0 Å². The maximum Gasteiger partial charge on any atom is 0.192 e. The molecular formula is C12H15NO. The molecule has 0 aliphatic carbocycles. The molecule has 0 amide bonds. The second-order valence-electron chi connectivity index (χ2n) is 4.07. The number of hydrogen-bond acceptors (Lipinski definition) is 2. The Hall–Kier alpha value is -1.31. The minimum atomic E-state index is 0.537. The molecule has 0 atom stereocenters. The Bertz CT molecular complexity index is 468. The van der Waals surface area contributed by atoms with Gasteiger partial charge in [0.15, 0.2) is 11.5 Å². The van der Waals surface area contributed by atoms with Crippen LogP contribution in [0.4, 0.5) is 0 Å². The summed E-state index contributed by atoms with van der Waals surface area (Å²) < 4.78 is 5.52. The van der Waals surface area contributed by atoms with Gasteiger partial charge in [-0.15, -0.1) is 0 Å². The average Bonchev–Trinajstić information content (AvgIpc) is 2.45. The lowest BCUT2D eigenvalue weighted by Crippen LogP contribution is -1.88. The van der Waals surface area contributed by atoms with Crippen molar-refractivity contribution in [3.8, 4) is 0 Å². The first-order valence-electron chi connectivity index (χ1n) is 4.95. The molecule has 0 radical (unpaired) electrons. The lowest BCUT2D eigenvalue weighted by atomic mass is 10.0. The van der Waals surface area contributed by atoms with Crippen molar-refractivity contribution in [1.82, 2.24) is 4.98 Å². The minimum absolute atomic E-state index is 0.537. The van der Waals surface area contributed by atoms with Crippen molar-refractivity contribution in [3.63, 3.8) is 0 Å². The van der Waals surface area contributed by atoms with Gasteiger partial charge in [-0.25, -0.2) is 4.98 Å². The fourth-order valence-electron chi connectivity index (χ4n) is 1.67. The highest BCUT2D eigenvalue weighted by Gasteiger charge is 2.08. The Morgan fingerprint density at radius 2 is 1.93 bits per heavy atom. The molecule has 74 valence electrons. The number of nitrogens with zero attached hydrogens (tertiary/aromatic N) is 1. The second kappa shape index (κ2) is 3.12. The second-order valence-corrected chi connectivity index (χ2v) is 4.07. The van der Waals surface area contributed by atoms with Crippen molar-refractivity contribution in [2.24, 2.45) is 0 Å². The summed E-state index contributed by atoms with van der Waals surface area (Å²) in [5, 5.41) is 0. The first-order chi connectivity index (χ1) is 6.58. The fourth-order valence-corrected chi connectivity index (χ4v) is 1.67. The molecule has 14 heavy (non-hydrogen) atoms. The van der Waals surface area contributed by atoms with E-state index in [1.165, 1.54) is 11.1 Å². The van der Waals surface area contributed by atoms with Crippen LogP contribution in [0.2, 0.25) is 0 Å². The van der Waals surface area contributed by atoms with Gasteiger partial charge in [0.05, 0.1) is 0 Å². The van der Waals surface area contributed by atoms with Gasteiger partial charge in [-0.2, -0.15) is 0 Å². The van der Waals surface area contributed by atoms with Crippen molar-refractivity contribution in [2.45, 2.75) is 33.6 Å². The predicted octanol–water partition coefficient (Wildman–Crippen LogP) is 3.57. The zero-order valence-electron chi connectivity index (χ0n) is 9.09. The van der Waals surface area contributed by atoms with Gasteiger partial charge in [0.1, 0.15) is 5.52 Å². The number of fused-ring (bicyclic) bond motifs is 1. The van der Waals surface area contributed by atoms with Crippen molar-refractivity contribution in [3.05, 3.63) is 29.2 Å². The van der Waals surface area contributed by atoms with Crippen LogP contribution < -0.4 is 0 Å². The lowest BCUT2D eigenvalue weighted by Gasteiger charge is -2.05. The highest BCUT2D eigenvalue weighted by Crippen LogP contribution is 2.25.